The molecule has 0 aromatic heterocycles. The van der Waals surface area contributed by atoms with Crippen LogP contribution in [0.2, 0.25) is 0 Å². The first kappa shape index (κ1) is 23.0. The summed E-state index contributed by atoms with van der Waals surface area (Å²) in [4.78, 5) is 9.45. The smallest absolute Gasteiger partial charge is 0.191 e. The molecule has 2 fully saturated rings. The predicted molar refractivity (Wildman–Crippen MR) is 119 cm³/mol. The zero-order valence-corrected chi connectivity index (χ0v) is 19.3. The minimum absolute atomic E-state index is 0. The number of hydrogen-bond acceptors (Lipinski definition) is 3. The van der Waals surface area contributed by atoms with Crippen LogP contribution in [0.4, 0.5) is 0 Å². The number of likely N-dealkylation sites (tertiary alicyclic amines) is 1. The van der Waals surface area contributed by atoms with Gasteiger partial charge in [-0.2, -0.15) is 0 Å². The highest BCUT2D eigenvalue weighted by atomic mass is 127. The molecule has 2 atom stereocenters. The summed E-state index contributed by atoms with van der Waals surface area (Å²) in [6.45, 7) is 7.95. The molecular weight excluding hydrogens is 425 g/mol. The Morgan fingerprint density at radius 3 is 2.44 bits per heavy atom. The van der Waals surface area contributed by atoms with E-state index < -0.39 is 0 Å². The highest BCUT2D eigenvalue weighted by Gasteiger charge is 2.30. The number of nitrogens with zero attached hydrogens (tertiary/aromatic N) is 3. The van der Waals surface area contributed by atoms with E-state index in [-0.39, 0.29) is 24.0 Å². The van der Waals surface area contributed by atoms with Crippen LogP contribution >= 0.6 is 24.0 Å². The highest BCUT2D eigenvalue weighted by molar-refractivity contribution is 14.0. The zero-order chi connectivity index (χ0) is 17.5. The monoisotopic (exact) mass is 465 g/mol. The van der Waals surface area contributed by atoms with Crippen molar-refractivity contribution in [3.8, 4) is 0 Å². The Morgan fingerprint density at radius 2 is 1.88 bits per heavy atom. The van der Waals surface area contributed by atoms with Crippen molar-refractivity contribution in [3.05, 3.63) is 0 Å². The summed E-state index contributed by atoms with van der Waals surface area (Å²) in [6, 6.07) is 1.93. The third-order valence-corrected chi connectivity index (χ3v) is 5.60. The van der Waals surface area contributed by atoms with Gasteiger partial charge in [0.05, 0.1) is 0 Å². The Bertz CT molecular complexity index is 393. The number of nitrogens with one attached hydrogen (secondary N) is 2. The molecule has 2 rings (SSSR count). The average molecular weight is 465 g/mol. The molecule has 0 aromatic carbocycles. The van der Waals surface area contributed by atoms with Crippen LogP contribution in [0.25, 0.3) is 0 Å². The minimum atomic E-state index is 0. The standard InChI is InChI=1S/C19H39N5.HI/c1-15(2)12-18(23(4)5)13-21-19(20-3)22-16-10-11-24(14-16)17-8-6-7-9-17;/h15-18H,6-14H2,1-5H3,(H2,20,21,22);1H. The lowest BCUT2D eigenvalue weighted by Crippen LogP contribution is -2.49. The molecule has 0 aromatic rings. The fourth-order valence-electron chi connectivity index (χ4n) is 4.13. The van der Waals surface area contributed by atoms with Crippen LogP contribution in [-0.4, -0.2) is 74.7 Å². The van der Waals surface area contributed by atoms with E-state index in [9.17, 15) is 0 Å². The number of hydrogen-bond donors (Lipinski definition) is 2. The molecule has 0 spiro atoms. The number of aliphatic imine (C=N–C) groups is 1. The van der Waals surface area contributed by atoms with Crippen LogP contribution in [-0.2, 0) is 0 Å². The van der Waals surface area contributed by atoms with E-state index >= 15 is 0 Å². The van der Waals surface area contributed by atoms with Gasteiger partial charge in [-0.3, -0.25) is 9.89 Å². The van der Waals surface area contributed by atoms with Gasteiger partial charge in [-0.15, -0.1) is 24.0 Å². The second kappa shape index (κ2) is 11.6. The van der Waals surface area contributed by atoms with Gasteiger partial charge in [-0.05, 0) is 45.7 Å². The molecule has 5 nitrogen and oxygen atoms in total. The minimum Gasteiger partial charge on any atom is -0.355 e. The normalized spacial score (nSPS) is 24.0. The Hall–Kier alpha value is -0.0800. The average Bonchev–Trinajstić information content (AvgIpc) is 3.20. The Labute approximate surface area is 172 Å². The number of guanidine groups is 1. The van der Waals surface area contributed by atoms with Crippen LogP contribution in [0.1, 0.15) is 52.4 Å². The molecule has 2 unspecified atom stereocenters. The van der Waals surface area contributed by atoms with Crippen molar-refractivity contribution in [1.29, 1.82) is 0 Å². The summed E-state index contributed by atoms with van der Waals surface area (Å²) in [5, 5.41) is 7.19. The van der Waals surface area contributed by atoms with Gasteiger partial charge in [-0.1, -0.05) is 26.7 Å². The third-order valence-electron chi connectivity index (χ3n) is 5.60. The molecule has 2 N–H and O–H groups in total. The van der Waals surface area contributed by atoms with E-state index in [0.29, 0.717) is 18.0 Å². The second-order valence-corrected chi connectivity index (χ2v) is 8.26. The highest BCUT2D eigenvalue weighted by Crippen LogP contribution is 2.26. The summed E-state index contributed by atoms with van der Waals surface area (Å²) in [7, 11) is 6.22. The Balaban J connectivity index is 0.00000312. The van der Waals surface area contributed by atoms with Gasteiger partial charge in [0.2, 0.25) is 0 Å². The van der Waals surface area contributed by atoms with E-state index in [1.807, 2.05) is 7.05 Å². The van der Waals surface area contributed by atoms with Gasteiger partial charge >= 0.3 is 0 Å². The van der Waals surface area contributed by atoms with Gasteiger partial charge in [0, 0.05) is 44.8 Å². The maximum atomic E-state index is 4.44. The van der Waals surface area contributed by atoms with E-state index in [0.717, 1.165) is 18.5 Å². The number of rotatable bonds is 7. The fraction of sp³-hybridized carbons (Fsp3) is 0.947. The molecular formula is C19H40IN5. The number of halogens is 1. The first-order valence-electron chi connectivity index (χ1n) is 9.87. The molecule has 0 amide bonds. The summed E-state index contributed by atoms with van der Waals surface area (Å²) in [5.74, 6) is 1.67. The van der Waals surface area contributed by atoms with E-state index in [4.69, 9.17) is 0 Å². The van der Waals surface area contributed by atoms with Crippen LogP contribution in [0.5, 0.6) is 0 Å². The summed E-state index contributed by atoms with van der Waals surface area (Å²) in [5.41, 5.74) is 0. The quantitative estimate of drug-likeness (QED) is 0.345. The summed E-state index contributed by atoms with van der Waals surface area (Å²) in [6.07, 6.45) is 8.09. The second-order valence-electron chi connectivity index (χ2n) is 8.26. The van der Waals surface area contributed by atoms with Gasteiger partial charge < -0.3 is 15.5 Å². The van der Waals surface area contributed by atoms with Crippen molar-refractivity contribution >= 4 is 29.9 Å². The molecule has 25 heavy (non-hydrogen) atoms. The van der Waals surface area contributed by atoms with Crippen molar-refractivity contribution in [1.82, 2.24) is 20.4 Å². The third kappa shape index (κ3) is 7.59. The van der Waals surface area contributed by atoms with Crippen molar-refractivity contribution < 1.29 is 0 Å². The molecule has 2 aliphatic rings. The lowest BCUT2D eigenvalue weighted by atomic mass is 10.0. The zero-order valence-electron chi connectivity index (χ0n) is 16.9. The lowest BCUT2D eigenvalue weighted by Gasteiger charge is -2.28. The predicted octanol–water partition coefficient (Wildman–Crippen LogP) is 2.76. The summed E-state index contributed by atoms with van der Waals surface area (Å²) >= 11 is 0. The molecule has 1 heterocycles. The van der Waals surface area contributed by atoms with Crippen LogP contribution in [0.3, 0.4) is 0 Å². The fourth-order valence-corrected chi connectivity index (χ4v) is 4.13. The van der Waals surface area contributed by atoms with Crippen molar-refractivity contribution in [2.75, 3.05) is 40.8 Å². The molecule has 1 aliphatic carbocycles. The Kier molecular flexibility index (Phi) is 10.6. The van der Waals surface area contributed by atoms with Crippen LogP contribution in [0.15, 0.2) is 4.99 Å². The lowest BCUT2D eigenvalue weighted by molar-refractivity contribution is 0.241. The maximum absolute atomic E-state index is 4.44. The van der Waals surface area contributed by atoms with E-state index in [2.05, 4.69) is 53.4 Å². The van der Waals surface area contributed by atoms with Crippen molar-refractivity contribution in [2.24, 2.45) is 10.9 Å². The molecule has 148 valence electrons. The molecule has 6 heteroatoms. The first-order valence-corrected chi connectivity index (χ1v) is 9.87. The van der Waals surface area contributed by atoms with Crippen molar-refractivity contribution in [2.45, 2.75) is 70.5 Å². The molecule has 0 radical (unpaired) electrons. The van der Waals surface area contributed by atoms with Crippen LogP contribution in [0, 0.1) is 5.92 Å². The maximum Gasteiger partial charge on any atom is 0.191 e. The Morgan fingerprint density at radius 1 is 1.20 bits per heavy atom. The van der Waals surface area contributed by atoms with Gasteiger partial charge in [0.15, 0.2) is 5.96 Å². The molecule has 0 bridgehead atoms. The van der Waals surface area contributed by atoms with Crippen LogP contribution < -0.4 is 10.6 Å². The van der Waals surface area contributed by atoms with E-state index in [1.165, 1.54) is 51.6 Å². The molecule has 1 saturated carbocycles. The van der Waals surface area contributed by atoms with Gasteiger partial charge in [0.1, 0.15) is 0 Å². The SMILES string of the molecule is CN=C(NCC(CC(C)C)N(C)C)NC1CCN(C2CCCC2)C1.I. The molecule has 1 aliphatic heterocycles. The van der Waals surface area contributed by atoms with Crippen molar-refractivity contribution in [3.63, 3.8) is 0 Å². The summed E-state index contributed by atoms with van der Waals surface area (Å²) < 4.78 is 0. The van der Waals surface area contributed by atoms with E-state index in [1.54, 1.807) is 0 Å². The molecule has 1 saturated heterocycles. The largest absolute Gasteiger partial charge is 0.355 e. The number of likely N-dealkylation sites (N-methyl/N-ethyl adjacent to an activating group) is 1. The topological polar surface area (TPSA) is 42.9 Å². The first-order chi connectivity index (χ1) is 11.5. The van der Waals surface area contributed by atoms with Gasteiger partial charge in [-0.25, -0.2) is 0 Å². The van der Waals surface area contributed by atoms with Gasteiger partial charge in [0.25, 0.3) is 0 Å².